The number of hydrogen-bond acceptors (Lipinski definition) is 3. The van der Waals surface area contributed by atoms with E-state index >= 15 is 0 Å². The number of nitrogens with zero attached hydrogens (tertiary/aromatic N) is 1. The van der Waals surface area contributed by atoms with Crippen molar-refractivity contribution in [1.29, 1.82) is 0 Å². The van der Waals surface area contributed by atoms with Gasteiger partial charge in [-0.2, -0.15) is 0 Å². The first kappa shape index (κ1) is 14.0. The Kier molecular flexibility index (Phi) is 5.76. The maximum atomic E-state index is 6.12. The van der Waals surface area contributed by atoms with Crippen LogP contribution in [0.25, 0.3) is 0 Å². The van der Waals surface area contributed by atoms with E-state index in [1.54, 1.807) is 11.3 Å². The highest BCUT2D eigenvalue weighted by atomic mass is 35.5. The van der Waals surface area contributed by atoms with E-state index < -0.39 is 0 Å². The van der Waals surface area contributed by atoms with Crippen molar-refractivity contribution in [3.8, 4) is 0 Å². The summed E-state index contributed by atoms with van der Waals surface area (Å²) in [6.07, 6.45) is 1.14. The second-order valence-electron chi connectivity index (χ2n) is 4.45. The first-order valence-corrected chi connectivity index (χ1v) is 6.90. The first-order valence-electron chi connectivity index (χ1n) is 5.71. The third-order valence-corrected chi connectivity index (χ3v) is 4.17. The molecule has 4 heteroatoms. The van der Waals surface area contributed by atoms with Gasteiger partial charge in [-0.1, -0.05) is 31.9 Å². The van der Waals surface area contributed by atoms with E-state index in [9.17, 15) is 0 Å². The summed E-state index contributed by atoms with van der Waals surface area (Å²) in [6.45, 7) is 6.26. The zero-order valence-corrected chi connectivity index (χ0v) is 11.8. The molecule has 1 aromatic rings. The van der Waals surface area contributed by atoms with E-state index in [1.807, 2.05) is 6.07 Å². The van der Waals surface area contributed by atoms with Gasteiger partial charge in [0.15, 0.2) is 0 Å². The average Bonchev–Trinajstić information content (AvgIpc) is 2.62. The Balaban J connectivity index is 2.38. The predicted molar refractivity (Wildman–Crippen MR) is 73.1 cm³/mol. The zero-order valence-electron chi connectivity index (χ0n) is 10.2. The van der Waals surface area contributed by atoms with E-state index in [4.69, 9.17) is 17.3 Å². The standard InChI is InChI=1S/C12H21ClN2S/c1-4-9(2)11(14)8-15(3)7-10-5-6-12(13)16-10/h5-6,9,11H,4,7-8,14H2,1-3H3. The normalized spacial score (nSPS) is 15.4. The maximum Gasteiger partial charge on any atom is 0.0931 e. The summed E-state index contributed by atoms with van der Waals surface area (Å²) >= 11 is 7.54. The number of rotatable bonds is 6. The van der Waals surface area contributed by atoms with Gasteiger partial charge in [0.1, 0.15) is 0 Å². The predicted octanol–water partition coefficient (Wildman–Crippen LogP) is 3.21. The van der Waals surface area contributed by atoms with Crippen molar-refractivity contribution < 1.29 is 0 Å². The van der Waals surface area contributed by atoms with Crippen LogP contribution in [0.2, 0.25) is 4.34 Å². The molecule has 0 aliphatic carbocycles. The van der Waals surface area contributed by atoms with Gasteiger partial charge in [-0.25, -0.2) is 0 Å². The van der Waals surface area contributed by atoms with E-state index in [2.05, 4.69) is 31.9 Å². The lowest BCUT2D eigenvalue weighted by molar-refractivity contribution is 0.269. The summed E-state index contributed by atoms with van der Waals surface area (Å²) in [5, 5.41) is 0. The van der Waals surface area contributed by atoms with Crippen LogP contribution < -0.4 is 5.73 Å². The molecule has 0 saturated carbocycles. The van der Waals surface area contributed by atoms with Crippen LogP contribution in [0.1, 0.15) is 25.1 Å². The minimum absolute atomic E-state index is 0.255. The molecule has 0 aliphatic heterocycles. The monoisotopic (exact) mass is 260 g/mol. The molecule has 16 heavy (non-hydrogen) atoms. The van der Waals surface area contributed by atoms with Crippen LogP contribution in [-0.4, -0.2) is 24.5 Å². The molecule has 0 amide bonds. The molecular formula is C12H21ClN2S. The van der Waals surface area contributed by atoms with Crippen LogP contribution in [0.5, 0.6) is 0 Å². The van der Waals surface area contributed by atoms with Crippen LogP contribution in [-0.2, 0) is 6.54 Å². The summed E-state index contributed by atoms with van der Waals surface area (Å²) in [6, 6.07) is 4.29. The number of hydrogen-bond donors (Lipinski definition) is 1. The Morgan fingerprint density at radius 3 is 2.69 bits per heavy atom. The second-order valence-corrected chi connectivity index (χ2v) is 6.25. The summed E-state index contributed by atoms with van der Waals surface area (Å²) in [4.78, 5) is 3.56. The van der Waals surface area contributed by atoms with Crippen LogP contribution in [0, 0.1) is 5.92 Å². The van der Waals surface area contributed by atoms with Crippen molar-refractivity contribution in [2.75, 3.05) is 13.6 Å². The Morgan fingerprint density at radius 2 is 2.19 bits per heavy atom. The van der Waals surface area contributed by atoms with Crippen LogP contribution >= 0.6 is 22.9 Å². The molecule has 0 bridgehead atoms. The van der Waals surface area contributed by atoms with Gasteiger partial charge in [0, 0.05) is 24.0 Å². The van der Waals surface area contributed by atoms with Gasteiger partial charge in [0.25, 0.3) is 0 Å². The smallest absolute Gasteiger partial charge is 0.0931 e. The molecular weight excluding hydrogens is 240 g/mol. The molecule has 2 unspecified atom stereocenters. The average molecular weight is 261 g/mol. The van der Waals surface area contributed by atoms with Gasteiger partial charge < -0.3 is 5.73 Å². The molecule has 1 heterocycles. The second kappa shape index (κ2) is 6.60. The molecule has 2 N–H and O–H groups in total. The minimum atomic E-state index is 0.255. The topological polar surface area (TPSA) is 29.3 Å². The first-order chi connectivity index (χ1) is 7.52. The molecule has 0 saturated heterocycles. The Labute approximate surface area is 107 Å². The molecule has 0 aliphatic rings. The maximum absolute atomic E-state index is 6.12. The quantitative estimate of drug-likeness (QED) is 0.851. The molecule has 0 spiro atoms. The van der Waals surface area contributed by atoms with E-state index in [1.165, 1.54) is 4.88 Å². The molecule has 2 nitrogen and oxygen atoms in total. The largest absolute Gasteiger partial charge is 0.326 e. The highest BCUT2D eigenvalue weighted by Crippen LogP contribution is 2.22. The molecule has 0 radical (unpaired) electrons. The van der Waals surface area contributed by atoms with Crippen molar-refractivity contribution in [1.82, 2.24) is 4.90 Å². The summed E-state index contributed by atoms with van der Waals surface area (Å²) in [7, 11) is 2.11. The van der Waals surface area contributed by atoms with E-state index in [0.29, 0.717) is 5.92 Å². The zero-order chi connectivity index (χ0) is 12.1. The van der Waals surface area contributed by atoms with Gasteiger partial charge >= 0.3 is 0 Å². The van der Waals surface area contributed by atoms with Crippen molar-refractivity contribution in [2.24, 2.45) is 11.7 Å². The third kappa shape index (κ3) is 4.42. The molecule has 1 aromatic heterocycles. The number of halogens is 1. The number of likely N-dealkylation sites (N-methyl/N-ethyl adjacent to an activating group) is 1. The van der Waals surface area contributed by atoms with Crippen molar-refractivity contribution >= 4 is 22.9 Å². The van der Waals surface area contributed by atoms with Crippen LogP contribution in [0.3, 0.4) is 0 Å². The Hall–Kier alpha value is -0.0900. The third-order valence-electron chi connectivity index (χ3n) is 2.95. The van der Waals surface area contributed by atoms with Gasteiger partial charge in [-0.3, -0.25) is 4.90 Å². The summed E-state index contributed by atoms with van der Waals surface area (Å²) in [5.41, 5.74) is 6.12. The molecule has 2 atom stereocenters. The summed E-state index contributed by atoms with van der Waals surface area (Å²) < 4.78 is 0.856. The molecule has 92 valence electrons. The molecule has 0 aromatic carbocycles. The number of thiophene rings is 1. The molecule has 1 rings (SSSR count). The van der Waals surface area contributed by atoms with E-state index in [0.717, 1.165) is 23.8 Å². The fourth-order valence-electron chi connectivity index (χ4n) is 1.61. The van der Waals surface area contributed by atoms with Crippen molar-refractivity contribution in [3.05, 3.63) is 21.3 Å². The number of nitrogens with two attached hydrogens (primary N) is 1. The fraction of sp³-hybridized carbons (Fsp3) is 0.667. The van der Waals surface area contributed by atoms with Crippen LogP contribution in [0.4, 0.5) is 0 Å². The van der Waals surface area contributed by atoms with Crippen molar-refractivity contribution in [2.45, 2.75) is 32.9 Å². The summed E-state index contributed by atoms with van der Waals surface area (Å²) in [5.74, 6) is 0.578. The Bertz CT molecular complexity index is 314. The lowest BCUT2D eigenvalue weighted by Gasteiger charge is -2.24. The minimum Gasteiger partial charge on any atom is -0.326 e. The molecule has 0 fully saturated rings. The highest BCUT2D eigenvalue weighted by molar-refractivity contribution is 7.16. The van der Waals surface area contributed by atoms with Crippen LogP contribution in [0.15, 0.2) is 12.1 Å². The lowest BCUT2D eigenvalue weighted by Crippen LogP contribution is -2.39. The van der Waals surface area contributed by atoms with Crippen molar-refractivity contribution in [3.63, 3.8) is 0 Å². The SMILES string of the molecule is CCC(C)C(N)CN(C)Cc1ccc(Cl)s1. The fourth-order valence-corrected chi connectivity index (χ4v) is 2.78. The van der Waals surface area contributed by atoms with Gasteiger partial charge in [0.2, 0.25) is 0 Å². The van der Waals surface area contributed by atoms with Gasteiger partial charge in [-0.05, 0) is 25.1 Å². The van der Waals surface area contributed by atoms with Gasteiger partial charge in [-0.15, -0.1) is 11.3 Å². The lowest BCUT2D eigenvalue weighted by atomic mass is 10.00. The Morgan fingerprint density at radius 1 is 1.50 bits per heavy atom. The van der Waals surface area contributed by atoms with E-state index in [-0.39, 0.29) is 6.04 Å². The van der Waals surface area contributed by atoms with Gasteiger partial charge in [0.05, 0.1) is 4.34 Å². The highest BCUT2D eigenvalue weighted by Gasteiger charge is 2.13.